The number of aliphatic imine (C=N–C) groups is 1. The van der Waals surface area contributed by atoms with Crippen LogP contribution in [0.25, 0.3) is 0 Å². The van der Waals surface area contributed by atoms with Gasteiger partial charge in [-0.15, -0.1) is 4.40 Å². The average Bonchev–Trinajstić information content (AvgIpc) is 3.01. The Morgan fingerprint density at radius 1 is 1.07 bits per heavy atom. The maximum atomic E-state index is 12.9. The normalized spacial score (nSPS) is 22.0. The quantitative estimate of drug-likeness (QED) is 0.838. The summed E-state index contributed by atoms with van der Waals surface area (Å²) < 4.78 is 34.9. The summed E-state index contributed by atoms with van der Waals surface area (Å²) in [7, 11) is -2.53. The van der Waals surface area contributed by atoms with E-state index in [0.717, 1.165) is 5.56 Å². The molecule has 148 valence electrons. The van der Waals surface area contributed by atoms with Crippen molar-refractivity contribution in [3.8, 4) is 5.75 Å². The molecule has 0 saturated heterocycles. The molecule has 0 aliphatic carbocycles. The highest BCUT2D eigenvalue weighted by atomic mass is 32.2. The first-order chi connectivity index (χ1) is 13.8. The van der Waals surface area contributed by atoms with Crippen molar-refractivity contribution in [3.63, 3.8) is 0 Å². The number of rotatable bonds is 4. The van der Waals surface area contributed by atoms with Crippen LogP contribution < -0.4 is 4.74 Å². The van der Waals surface area contributed by atoms with E-state index in [2.05, 4.69) is 9.39 Å². The second kappa shape index (κ2) is 6.98. The highest BCUT2D eigenvalue weighted by Crippen LogP contribution is 2.36. The van der Waals surface area contributed by atoms with E-state index in [1.807, 2.05) is 6.92 Å². The molecule has 0 spiro atoms. The first kappa shape index (κ1) is 19.1. The van der Waals surface area contributed by atoms with E-state index in [-0.39, 0.29) is 10.7 Å². The molecule has 8 heteroatoms. The summed E-state index contributed by atoms with van der Waals surface area (Å²) in [6.07, 6.45) is 6.78. The SMILES string of the molecule is COc1ccc(C2(O)C(=NS(=O)(=O)c3ccc(C)cc3)N=C3C=CC=CN32)cc1. The minimum absolute atomic E-state index is 0.0313. The standard InChI is InChI=1S/C21H19N3O4S/c1-15-6-12-18(13-7-15)29(26,27)23-20-21(25,16-8-10-17(28-2)11-9-16)24-14-4-3-5-19(24)22-20/h3-14,25H,1-2H3. The van der Waals surface area contributed by atoms with Gasteiger partial charge in [-0.05, 0) is 43.3 Å². The molecular weight excluding hydrogens is 390 g/mol. The van der Waals surface area contributed by atoms with Gasteiger partial charge in [0, 0.05) is 11.8 Å². The van der Waals surface area contributed by atoms with Gasteiger partial charge in [-0.25, -0.2) is 4.99 Å². The average molecular weight is 409 g/mol. The molecule has 2 aromatic carbocycles. The number of aryl methyl sites for hydroxylation is 1. The van der Waals surface area contributed by atoms with Gasteiger partial charge in [0.2, 0.25) is 11.6 Å². The molecule has 1 atom stereocenters. The molecule has 29 heavy (non-hydrogen) atoms. The Kier molecular flexibility index (Phi) is 4.60. The van der Waals surface area contributed by atoms with Gasteiger partial charge in [0.1, 0.15) is 11.6 Å². The highest BCUT2D eigenvalue weighted by molar-refractivity contribution is 7.90. The summed E-state index contributed by atoms with van der Waals surface area (Å²) >= 11 is 0. The molecule has 4 rings (SSSR count). The summed E-state index contributed by atoms with van der Waals surface area (Å²) in [6, 6.07) is 13.0. The van der Waals surface area contributed by atoms with Crippen LogP contribution in [0.15, 0.2) is 87.2 Å². The molecule has 1 N–H and O–H groups in total. The molecular formula is C21H19N3O4S. The fraction of sp³-hybridized carbons (Fsp3) is 0.143. The lowest BCUT2D eigenvalue weighted by molar-refractivity contribution is 0.0222. The fourth-order valence-electron chi connectivity index (χ4n) is 3.15. The first-order valence-corrected chi connectivity index (χ1v) is 10.3. The van der Waals surface area contributed by atoms with Crippen molar-refractivity contribution < 1.29 is 18.3 Å². The van der Waals surface area contributed by atoms with Crippen LogP contribution >= 0.6 is 0 Å². The molecule has 0 fully saturated rings. The number of sulfonamides is 1. The molecule has 2 aliphatic heterocycles. The van der Waals surface area contributed by atoms with E-state index in [1.165, 1.54) is 17.0 Å². The number of amidine groups is 2. The smallest absolute Gasteiger partial charge is 0.284 e. The number of aliphatic hydroxyl groups is 1. The van der Waals surface area contributed by atoms with Gasteiger partial charge in [0.05, 0.1) is 12.0 Å². The van der Waals surface area contributed by atoms with E-state index in [9.17, 15) is 13.5 Å². The zero-order valence-electron chi connectivity index (χ0n) is 15.9. The zero-order chi connectivity index (χ0) is 20.6. The Balaban J connectivity index is 1.85. The van der Waals surface area contributed by atoms with Gasteiger partial charge < -0.3 is 9.84 Å². The largest absolute Gasteiger partial charge is 0.497 e. The van der Waals surface area contributed by atoms with E-state index < -0.39 is 15.7 Å². The number of hydrogen-bond acceptors (Lipinski definition) is 5. The predicted molar refractivity (Wildman–Crippen MR) is 110 cm³/mol. The maximum Gasteiger partial charge on any atom is 0.284 e. The topological polar surface area (TPSA) is 91.6 Å². The van der Waals surface area contributed by atoms with Crippen molar-refractivity contribution in [2.45, 2.75) is 17.5 Å². The van der Waals surface area contributed by atoms with Crippen molar-refractivity contribution in [1.82, 2.24) is 4.90 Å². The van der Waals surface area contributed by atoms with Crippen LogP contribution in [0.4, 0.5) is 0 Å². The Hall–Kier alpha value is -3.23. The minimum Gasteiger partial charge on any atom is -0.497 e. The van der Waals surface area contributed by atoms with Crippen molar-refractivity contribution in [3.05, 3.63) is 84.1 Å². The number of ether oxygens (including phenoxy) is 1. The minimum atomic E-state index is -4.07. The molecule has 0 radical (unpaired) electrons. The molecule has 2 heterocycles. The Morgan fingerprint density at radius 2 is 1.76 bits per heavy atom. The van der Waals surface area contributed by atoms with Gasteiger partial charge in [0.25, 0.3) is 10.0 Å². The summed E-state index contributed by atoms with van der Waals surface area (Å²) in [6.45, 7) is 1.87. The molecule has 2 aromatic rings. The van der Waals surface area contributed by atoms with Crippen molar-refractivity contribution in [2.75, 3.05) is 7.11 Å². The molecule has 0 bridgehead atoms. The number of fused-ring (bicyclic) bond motifs is 1. The zero-order valence-corrected chi connectivity index (χ0v) is 16.7. The second-order valence-electron chi connectivity index (χ2n) is 6.64. The third-order valence-corrected chi connectivity index (χ3v) is 6.02. The van der Waals surface area contributed by atoms with E-state index in [0.29, 0.717) is 17.1 Å². The van der Waals surface area contributed by atoms with Gasteiger partial charge in [-0.3, -0.25) is 4.90 Å². The molecule has 7 nitrogen and oxygen atoms in total. The highest BCUT2D eigenvalue weighted by Gasteiger charge is 2.48. The lowest BCUT2D eigenvalue weighted by Gasteiger charge is -2.33. The number of hydrogen-bond donors (Lipinski definition) is 1. The van der Waals surface area contributed by atoms with E-state index >= 15 is 0 Å². The lowest BCUT2D eigenvalue weighted by atomic mass is 10.0. The van der Waals surface area contributed by atoms with Crippen molar-refractivity contribution >= 4 is 21.7 Å². The third-order valence-electron chi connectivity index (χ3n) is 4.74. The molecule has 0 aromatic heterocycles. The summed E-state index contributed by atoms with van der Waals surface area (Å²) in [4.78, 5) is 5.82. The van der Waals surface area contributed by atoms with Crippen LogP contribution in [0.1, 0.15) is 11.1 Å². The fourth-order valence-corrected chi connectivity index (χ4v) is 4.13. The second-order valence-corrected chi connectivity index (χ2v) is 8.25. The number of allylic oxidation sites excluding steroid dienone is 2. The monoisotopic (exact) mass is 409 g/mol. The van der Waals surface area contributed by atoms with Crippen LogP contribution in [0.2, 0.25) is 0 Å². The van der Waals surface area contributed by atoms with Crippen molar-refractivity contribution in [2.24, 2.45) is 9.39 Å². The van der Waals surface area contributed by atoms with Gasteiger partial charge in [-0.2, -0.15) is 8.42 Å². The summed E-state index contributed by atoms with van der Waals surface area (Å²) in [5.74, 6) is 0.773. The first-order valence-electron chi connectivity index (χ1n) is 8.86. The Bertz CT molecular complexity index is 1160. The van der Waals surface area contributed by atoms with Crippen LogP contribution in [-0.4, -0.2) is 37.2 Å². The van der Waals surface area contributed by atoms with Crippen LogP contribution in [0.3, 0.4) is 0 Å². The van der Waals surface area contributed by atoms with Crippen LogP contribution in [0.5, 0.6) is 5.75 Å². The van der Waals surface area contributed by atoms with Gasteiger partial charge >= 0.3 is 0 Å². The summed E-state index contributed by atoms with van der Waals surface area (Å²) in [5, 5.41) is 11.6. The predicted octanol–water partition coefficient (Wildman–Crippen LogP) is 2.73. The number of benzene rings is 2. The van der Waals surface area contributed by atoms with Crippen LogP contribution in [-0.2, 0) is 15.7 Å². The third kappa shape index (κ3) is 3.26. The lowest BCUT2D eigenvalue weighted by Crippen LogP contribution is -2.46. The molecule has 0 amide bonds. The summed E-state index contributed by atoms with van der Waals surface area (Å²) in [5.41, 5.74) is -0.532. The number of nitrogens with zero attached hydrogens (tertiary/aromatic N) is 3. The van der Waals surface area contributed by atoms with Gasteiger partial charge in [0.15, 0.2) is 0 Å². The van der Waals surface area contributed by atoms with Gasteiger partial charge in [-0.1, -0.05) is 35.9 Å². The van der Waals surface area contributed by atoms with E-state index in [1.54, 1.807) is 67.9 Å². The van der Waals surface area contributed by atoms with Crippen LogP contribution in [0, 0.1) is 6.92 Å². The molecule has 1 unspecified atom stereocenters. The van der Waals surface area contributed by atoms with Crippen molar-refractivity contribution in [1.29, 1.82) is 0 Å². The molecule has 2 aliphatic rings. The molecule has 0 saturated carbocycles. The Morgan fingerprint density at radius 3 is 2.41 bits per heavy atom. The maximum absolute atomic E-state index is 12.9. The van der Waals surface area contributed by atoms with E-state index in [4.69, 9.17) is 4.74 Å². The Labute approximate surface area is 169 Å². The number of methoxy groups -OCH3 is 1.